The Bertz CT molecular complexity index is 353. The molecule has 4 N–H and O–H groups in total. The van der Waals surface area contributed by atoms with Gasteiger partial charge in [-0.15, -0.1) is 0 Å². The highest BCUT2D eigenvalue weighted by Gasteiger charge is 2.41. The molecule has 0 saturated carbocycles. The lowest BCUT2D eigenvalue weighted by Gasteiger charge is -2.31. The van der Waals surface area contributed by atoms with Gasteiger partial charge in [-0.05, 0) is 34.1 Å². The highest BCUT2D eigenvalue weighted by Crippen LogP contribution is 2.35. The second-order valence-electron chi connectivity index (χ2n) is 6.29. The number of aliphatic hydroxyl groups excluding tert-OH is 2. The number of carbonyl (C=O) groups excluding carboxylic acids is 2. The first-order valence-corrected chi connectivity index (χ1v) is 6.90. The van der Waals surface area contributed by atoms with Gasteiger partial charge in [-0.3, -0.25) is 9.59 Å². The second kappa shape index (κ2) is 8.31. The molecule has 0 fully saturated rings. The number of ether oxygens (including phenoxy) is 2. The van der Waals surface area contributed by atoms with Gasteiger partial charge in [-0.2, -0.15) is 0 Å². The van der Waals surface area contributed by atoms with Gasteiger partial charge < -0.3 is 25.4 Å². The predicted octanol–water partition coefficient (Wildman–Crippen LogP) is -0.173. The van der Waals surface area contributed by atoms with E-state index in [1.165, 1.54) is 0 Å². The van der Waals surface area contributed by atoms with E-state index in [1.807, 2.05) is 0 Å². The van der Waals surface area contributed by atoms with Gasteiger partial charge >= 0.3 is 11.9 Å². The molecule has 124 valence electrons. The van der Waals surface area contributed by atoms with Gasteiger partial charge in [0.15, 0.2) is 0 Å². The molecule has 0 aliphatic rings. The van der Waals surface area contributed by atoms with E-state index in [0.717, 1.165) is 0 Å². The lowest BCUT2D eigenvalue weighted by atomic mass is 9.75. The van der Waals surface area contributed by atoms with E-state index >= 15 is 0 Å². The molecule has 0 rings (SSSR count). The number of aliphatic hydroxyl groups is 2. The maximum absolute atomic E-state index is 12.0. The first-order chi connectivity index (χ1) is 9.56. The standard InChI is InChI=1S/C14H27NO6/c1-13(2,11(18)20-6-5-16)9-14(3,4)12(19)21-8-10(17)7-15/h10,16-17H,5-9,15H2,1-4H3. The van der Waals surface area contributed by atoms with Crippen LogP contribution in [0.2, 0.25) is 0 Å². The highest BCUT2D eigenvalue weighted by molar-refractivity contribution is 5.80. The summed E-state index contributed by atoms with van der Waals surface area (Å²) in [5, 5.41) is 18.0. The summed E-state index contributed by atoms with van der Waals surface area (Å²) < 4.78 is 9.90. The average Bonchev–Trinajstić information content (AvgIpc) is 2.40. The number of esters is 2. The fourth-order valence-electron chi connectivity index (χ4n) is 2.02. The van der Waals surface area contributed by atoms with Crippen molar-refractivity contribution in [3.8, 4) is 0 Å². The average molecular weight is 305 g/mol. The molecule has 1 unspecified atom stereocenters. The molecular formula is C14H27NO6. The zero-order valence-electron chi connectivity index (χ0n) is 13.2. The highest BCUT2D eigenvalue weighted by atomic mass is 16.5. The van der Waals surface area contributed by atoms with Crippen molar-refractivity contribution >= 4 is 11.9 Å². The molecule has 0 amide bonds. The van der Waals surface area contributed by atoms with Crippen molar-refractivity contribution in [2.45, 2.75) is 40.2 Å². The summed E-state index contributed by atoms with van der Waals surface area (Å²) in [6.07, 6.45) is -0.686. The molecule has 0 aliphatic carbocycles. The van der Waals surface area contributed by atoms with Crippen LogP contribution in [0.1, 0.15) is 34.1 Å². The molecule has 0 bridgehead atoms. The van der Waals surface area contributed by atoms with E-state index in [9.17, 15) is 14.7 Å². The van der Waals surface area contributed by atoms with Crippen LogP contribution in [-0.4, -0.2) is 54.6 Å². The van der Waals surface area contributed by atoms with Crippen LogP contribution in [0.25, 0.3) is 0 Å². The first kappa shape index (κ1) is 19.8. The third-order valence-electron chi connectivity index (χ3n) is 2.99. The Morgan fingerprint density at radius 1 is 1.10 bits per heavy atom. The molecule has 0 heterocycles. The Morgan fingerprint density at radius 3 is 2.00 bits per heavy atom. The molecule has 1 atom stereocenters. The molecule has 0 radical (unpaired) electrons. The first-order valence-electron chi connectivity index (χ1n) is 6.90. The van der Waals surface area contributed by atoms with Crippen LogP contribution in [0, 0.1) is 10.8 Å². The van der Waals surface area contributed by atoms with Crippen LogP contribution in [0.5, 0.6) is 0 Å². The zero-order chi connectivity index (χ0) is 16.7. The molecule has 0 aliphatic heterocycles. The molecule has 0 aromatic rings. The number of hydrogen-bond donors (Lipinski definition) is 3. The molecule has 0 saturated heterocycles. The summed E-state index contributed by atoms with van der Waals surface area (Å²) in [6.45, 7) is 6.16. The van der Waals surface area contributed by atoms with Crippen LogP contribution < -0.4 is 5.73 Å². The number of nitrogens with two attached hydrogens (primary N) is 1. The Morgan fingerprint density at radius 2 is 1.57 bits per heavy atom. The summed E-state index contributed by atoms with van der Waals surface area (Å²) in [7, 11) is 0. The normalized spacial score (nSPS) is 13.7. The van der Waals surface area contributed by atoms with Gasteiger partial charge in [0.2, 0.25) is 0 Å². The van der Waals surface area contributed by atoms with Gasteiger partial charge in [0.05, 0.1) is 17.4 Å². The SMILES string of the molecule is CC(C)(CC(C)(C)C(=O)OCC(O)CN)C(=O)OCCO. The smallest absolute Gasteiger partial charge is 0.311 e. The van der Waals surface area contributed by atoms with E-state index in [1.54, 1.807) is 27.7 Å². The Balaban J connectivity index is 4.62. The van der Waals surface area contributed by atoms with Crippen LogP contribution in [-0.2, 0) is 19.1 Å². The minimum atomic E-state index is -0.921. The molecule has 21 heavy (non-hydrogen) atoms. The fourth-order valence-corrected chi connectivity index (χ4v) is 2.02. The lowest BCUT2D eigenvalue weighted by Crippen LogP contribution is -2.38. The molecule has 0 aromatic carbocycles. The van der Waals surface area contributed by atoms with Crippen molar-refractivity contribution in [1.82, 2.24) is 0 Å². The second-order valence-corrected chi connectivity index (χ2v) is 6.29. The molecule has 0 aromatic heterocycles. The van der Waals surface area contributed by atoms with Crippen LogP contribution in [0.15, 0.2) is 0 Å². The quantitative estimate of drug-likeness (QED) is 0.506. The number of rotatable bonds is 9. The predicted molar refractivity (Wildman–Crippen MR) is 76.2 cm³/mol. The number of hydrogen-bond acceptors (Lipinski definition) is 7. The Hall–Kier alpha value is -1.18. The van der Waals surface area contributed by atoms with E-state index in [-0.39, 0.29) is 32.8 Å². The Labute approximate surface area is 125 Å². The van der Waals surface area contributed by atoms with E-state index in [4.69, 9.17) is 20.3 Å². The molecule has 7 heteroatoms. The Kier molecular flexibility index (Phi) is 7.84. The monoisotopic (exact) mass is 305 g/mol. The summed E-state index contributed by atoms with van der Waals surface area (Å²) in [4.78, 5) is 23.9. The summed E-state index contributed by atoms with van der Waals surface area (Å²) in [6, 6.07) is 0. The zero-order valence-corrected chi connectivity index (χ0v) is 13.2. The summed E-state index contributed by atoms with van der Waals surface area (Å²) >= 11 is 0. The van der Waals surface area contributed by atoms with E-state index in [2.05, 4.69) is 0 Å². The lowest BCUT2D eigenvalue weighted by molar-refractivity contribution is -0.164. The molecular weight excluding hydrogens is 278 g/mol. The van der Waals surface area contributed by atoms with E-state index in [0.29, 0.717) is 0 Å². The topological polar surface area (TPSA) is 119 Å². The van der Waals surface area contributed by atoms with Gasteiger partial charge in [0.1, 0.15) is 19.3 Å². The van der Waals surface area contributed by atoms with Crippen molar-refractivity contribution in [2.24, 2.45) is 16.6 Å². The third kappa shape index (κ3) is 6.88. The van der Waals surface area contributed by atoms with Crippen molar-refractivity contribution in [3.05, 3.63) is 0 Å². The maximum atomic E-state index is 12.0. The van der Waals surface area contributed by atoms with Crippen LogP contribution >= 0.6 is 0 Å². The van der Waals surface area contributed by atoms with Crippen LogP contribution in [0.4, 0.5) is 0 Å². The van der Waals surface area contributed by atoms with Gasteiger partial charge in [0, 0.05) is 6.54 Å². The van der Waals surface area contributed by atoms with Gasteiger partial charge in [0.25, 0.3) is 0 Å². The van der Waals surface area contributed by atoms with Gasteiger partial charge in [-0.1, -0.05) is 0 Å². The minimum Gasteiger partial charge on any atom is -0.463 e. The third-order valence-corrected chi connectivity index (χ3v) is 2.99. The number of carbonyl (C=O) groups is 2. The maximum Gasteiger partial charge on any atom is 0.311 e. The summed E-state index contributed by atoms with van der Waals surface area (Å²) in [5.41, 5.74) is 3.41. The summed E-state index contributed by atoms with van der Waals surface area (Å²) in [5.74, 6) is -1.00. The van der Waals surface area contributed by atoms with Crippen LogP contribution in [0.3, 0.4) is 0 Å². The van der Waals surface area contributed by atoms with E-state index < -0.39 is 28.9 Å². The van der Waals surface area contributed by atoms with Crippen molar-refractivity contribution in [2.75, 3.05) is 26.4 Å². The molecule has 0 spiro atoms. The van der Waals surface area contributed by atoms with Crippen molar-refractivity contribution < 1.29 is 29.3 Å². The van der Waals surface area contributed by atoms with Gasteiger partial charge in [-0.25, -0.2) is 0 Å². The van der Waals surface area contributed by atoms with Crippen molar-refractivity contribution in [3.63, 3.8) is 0 Å². The minimum absolute atomic E-state index is 0.00663. The molecule has 7 nitrogen and oxygen atoms in total. The largest absolute Gasteiger partial charge is 0.463 e. The fraction of sp³-hybridized carbons (Fsp3) is 0.857. The van der Waals surface area contributed by atoms with Crippen molar-refractivity contribution in [1.29, 1.82) is 0 Å².